The summed E-state index contributed by atoms with van der Waals surface area (Å²) in [5, 5.41) is 15.4. The molecular weight excluding hydrogens is 577 g/mol. The lowest BCUT2D eigenvalue weighted by Gasteiger charge is -2.24. The number of alkyl halides is 1. The van der Waals surface area contributed by atoms with Crippen molar-refractivity contribution in [3.05, 3.63) is 96.1 Å². The Bertz CT molecular complexity index is 1930. The van der Waals surface area contributed by atoms with Gasteiger partial charge in [-0.2, -0.15) is 15.3 Å². The summed E-state index contributed by atoms with van der Waals surface area (Å²) in [6, 6.07) is 17.4. The van der Waals surface area contributed by atoms with Gasteiger partial charge in [0.05, 0.1) is 24.5 Å². The molecule has 7 rings (SSSR count). The second-order valence-corrected chi connectivity index (χ2v) is 11.1. The van der Waals surface area contributed by atoms with Crippen LogP contribution in [-0.2, 0) is 29.2 Å². The fourth-order valence-electron chi connectivity index (χ4n) is 6.11. The first-order chi connectivity index (χ1) is 21.9. The van der Waals surface area contributed by atoms with E-state index in [2.05, 4.69) is 30.5 Å². The van der Waals surface area contributed by atoms with Crippen LogP contribution in [0.3, 0.4) is 0 Å². The molecule has 2 aromatic carbocycles. The number of aromatic nitrogens is 5. The smallest absolute Gasteiger partial charge is 0.269 e. The van der Waals surface area contributed by atoms with E-state index in [-0.39, 0.29) is 25.2 Å². The zero-order valence-electron chi connectivity index (χ0n) is 24.0. The topological polar surface area (TPSA) is 152 Å². The number of fused-ring (bicyclic) bond motifs is 2. The number of carbonyl (C=O) groups excluding carboxylic acids is 3. The van der Waals surface area contributed by atoms with Gasteiger partial charge in [-0.05, 0) is 53.1 Å². The van der Waals surface area contributed by atoms with E-state index in [1.807, 2.05) is 42.5 Å². The number of amides is 3. The summed E-state index contributed by atoms with van der Waals surface area (Å²) in [6.45, 7) is 0.660. The highest BCUT2D eigenvalue weighted by atomic mass is 19.1. The SMILES string of the molecule is NC(=O)c1nn(CC(=O)N2C[C@H](F)CC2C(=O)Nc2cccc3c2CN(c2ccccn2)C3)c2ccc(-c3ccnnc3)cc12. The standard InChI is InChI=1S/C32H28FN9O3/c33-22-13-27(32(45)38-25-5-3-4-21-15-40(17-24(21)25)28-6-1-2-10-35-28)41(16-22)29(43)18-42-26-8-7-19(20-9-11-36-37-14-20)12-23(26)30(39-42)31(34)44/h1-12,14,22,27H,13,15-18H2,(H2,34,44)(H,38,45)/t22-,27?/m1/s1. The van der Waals surface area contributed by atoms with Gasteiger partial charge < -0.3 is 20.9 Å². The lowest BCUT2D eigenvalue weighted by molar-refractivity contribution is -0.137. The minimum atomic E-state index is -1.36. The van der Waals surface area contributed by atoms with Crippen molar-refractivity contribution in [2.24, 2.45) is 5.73 Å². The minimum absolute atomic E-state index is 0.00146. The summed E-state index contributed by atoms with van der Waals surface area (Å²) in [5.41, 5.74) is 10.3. The number of carbonyl (C=O) groups is 3. The maximum absolute atomic E-state index is 14.8. The molecule has 45 heavy (non-hydrogen) atoms. The quantitative estimate of drug-likeness (QED) is 0.287. The van der Waals surface area contributed by atoms with Crippen LogP contribution >= 0.6 is 0 Å². The number of hydrogen-bond acceptors (Lipinski definition) is 8. The lowest BCUT2D eigenvalue weighted by atomic mass is 10.0. The first-order valence-corrected chi connectivity index (χ1v) is 14.4. The number of primary amides is 1. The highest BCUT2D eigenvalue weighted by Crippen LogP contribution is 2.33. The molecule has 2 atom stereocenters. The lowest BCUT2D eigenvalue weighted by Crippen LogP contribution is -2.44. The van der Waals surface area contributed by atoms with E-state index in [1.165, 1.54) is 9.58 Å². The van der Waals surface area contributed by atoms with Gasteiger partial charge in [0.25, 0.3) is 5.91 Å². The third kappa shape index (κ3) is 5.32. The average molecular weight is 606 g/mol. The summed E-state index contributed by atoms with van der Waals surface area (Å²) in [4.78, 5) is 47.2. The Morgan fingerprint density at radius 3 is 2.64 bits per heavy atom. The second-order valence-electron chi connectivity index (χ2n) is 11.1. The highest BCUT2D eigenvalue weighted by molar-refractivity contribution is 6.05. The van der Waals surface area contributed by atoms with Crippen LogP contribution in [0.25, 0.3) is 22.0 Å². The molecule has 3 N–H and O–H groups in total. The van der Waals surface area contributed by atoms with Crippen LogP contribution in [-0.4, -0.2) is 66.3 Å². The van der Waals surface area contributed by atoms with E-state index in [4.69, 9.17) is 5.73 Å². The van der Waals surface area contributed by atoms with Crippen LogP contribution in [0, 0.1) is 0 Å². The minimum Gasteiger partial charge on any atom is -0.364 e. The molecule has 1 unspecified atom stereocenters. The molecule has 5 heterocycles. The van der Waals surface area contributed by atoms with Crippen molar-refractivity contribution in [2.45, 2.75) is 38.3 Å². The van der Waals surface area contributed by atoms with Crippen molar-refractivity contribution < 1.29 is 18.8 Å². The maximum atomic E-state index is 14.8. The van der Waals surface area contributed by atoms with E-state index in [0.29, 0.717) is 29.7 Å². The molecule has 0 saturated carbocycles. The zero-order valence-corrected chi connectivity index (χ0v) is 24.0. The molecule has 2 aliphatic rings. The second kappa shape index (κ2) is 11.4. The molecule has 3 aromatic heterocycles. The Kier molecular flexibility index (Phi) is 7.12. The fourth-order valence-corrected chi connectivity index (χ4v) is 6.11. The third-order valence-corrected chi connectivity index (χ3v) is 8.27. The van der Waals surface area contributed by atoms with E-state index < -0.39 is 29.9 Å². The monoisotopic (exact) mass is 605 g/mol. The first kappa shape index (κ1) is 28.1. The Hall–Kier alpha value is -5.72. The van der Waals surface area contributed by atoms with Crippen molar-refractivity contribution in [3.63, 3.8) is 0 Å². The van der Waals surface area contributed by atoms with Gasteiger partial charge in [0.15, 0.2) is 5.69 Å². The predicted octanol–water partition coefficient (Wildman–Crippen LogP) is 3.09. The molecule has 12 nitrogen and oxygen atoms in total. The molecule has 2 aliphatic heterocycles. The summed E-state index contributed by atoms with van der Waals surface area (Å²) < 4.78 is 16.1. The third-order valence-electron chi connectivity index (χ3n) is 8.27. The van der Waals surface area contributed by atoms with E-state index in [0.717, 1.165) is 28.1 Å². The average Bonchev–Trinajstić information content (AvgIpc) is 3.77. The molecule has 0 radical (unpaired) electrons. The number of rotatable bonds is 7. The largest absolute Gasteiger partial charge is 0.364 e. The van der Waals surface area contributed by atoms with Crippen LogP contribution in [0.2, 0.25) is 0 Å². The molecule has 13 heteroatoms. The van der Waals surface area contributed by atoms with Crippen LogP contribution in [0.5, 0.6) is 0 Å². The maximum Gasteiger partial charge on any atom is 0.269 e. The number of pyridine rings is 1. The molecule has 3 amide bonds. The van der Waals surface area contributed by atoms with E-state index >= 15 is 0 Å². The molecule has 5 aromatic rings. The molecule has 0 bridgehead atoms. The van der Waals surface area contributed by atoms with Gasteiger partial charge in [-0.15, -0.1) is 0 Å². The van der Waals surface area contributed by atoms with Crippen molar-refractivity contribution in [3.8, 4) is 11.1 Å². The van der Waals surface area contributed by atoms with Gasteiger partial charge in [-0.25, -0.2) is 9.37 Å². The van der Waals surface area contributed by atoms with Gasteiger partial charge in [-0.3, -0.25) is 19.1 Å². The number of nitrogens with one attached hydrogen (secondary N) is 1. The summed E-state index contributed by atoms with van der Waals surface area (Å²) in [5.74, 6) is -0.893. The molecule has 1 saturated heterocycles. The molecule has 226 valence electrons. The molecule has 0 aliphatic carbocycles. The fraction of sp³-hybridized carbons (Fsp3) is 0.219. The summed E-state index contributed by atoms with van der Waals surface area (Å²) in [7, 11) is 0. The van der Waals surface area contributed by atoms with Crippen LogP contribution in [0.15, 0.2) is 79.3 Å². The Balaban J connectivity index is 1.11. The van der Waals surface area contributed by atoms with Gasteiger partial charge >= 0.3 is 0 Å². The molecule has 1 fully saturated rings. The molecular formula is C32H28FN9O3. The summed E-state index contributed by atoms with van der Waals surface area (Å²) in [6.07, 6.45) is 3.39. The number of halogens is 1. The Labute approximate surface area is 256 Å². The predicted molar refractivity (Wildman–Crippen MR) is 163 cm³/mol. The van der Waals surface area contributed by atoms with E-state index in [1.54, 1.807) is 36.8 Å². The van der Waals surface area contributed by atoms with Gasteiger partial charge in [-0.1, -0.05) is 24.3 Å². The number of anilines is 2. The number of likely N-dealkylation sites (tertiary alicyclic amines) is 1. The number of benzene rings is 2. The Morgan fingerprint density at radius 1 is 0.978 bits per heavy atom. The van der Waals surface area contributed by atoms with Crippen molar-refractivity contribution in [2.75, 3.05) is 16.8 Å². The molecule has 0 spiro atoms. The normalized spacial score (nSPS) is 17.4. The first-order valence-electron chi connectivity index (χ1n) is 14.4. The summed E-state index contributed by atoms with van der Waals surface area (Å²) >= 11 is 0. The van der Waals surface area contributed by atoms with Gasteiger partial charge in [0.2, 0.25) is 11.8 Å². The highest BCUT2D eigenvalue weighted by Gasteiger charge is 2.40. The number of nitrogens with zero attached hydrogens (tertiary/aromatic N) is 7. The van der Waals surface area contributed by atoms with Crippen LogP contribution in [0.1, 0.15) is 28.0 Å². The van der Waals surface area contributed by atoms with Crippen molar-refractivity contribution in [1.82, 2.24) is 29.9 Å². The van der Waals surface area contributed by atoms with Crippen molar-refractivity contribution >= 4 is 40.1 Å². The van der Waals surface area contributed by atoms with Gasteiger partial charge in [0.1, 0.15) is 24.6 Å². The number of hydrogen-bond donors (Lipinski definition) is 2. The van der Waals surface area contributed by atoms with Crippen molar-refractivity contribution in [1.29, 1.82) is 0 Å². The zero-order chi connectivity index (χ0) is 31.1. The number of nitrogens with two attached hydrogens (primary N) is 1. The van der Waals surface area contributed by atoms with Gasteiger partial charge in [0, 0.05) is 42.3 Å². The van der Waals surface area contributed by atoms with Crippen LogP contribution < -0.4 is 16.0 Å². The van der Waals surface area contributed by atoms with Crippen LogP contribution in [0.4, 0.5) is 15.9 Å². The Morgan fingerprint density at radius 2 is 1.87 bits per heavy atom. The van der Waals surface area contributed by atoms with E-state index in [9.17, 15) is 18.8 Å².